The molecule has 2 aromatic carbocycles. The molecule has 2 rings (SSSR count). The van der Waals surface area contributed by atoms with E-state index in [1.807, 2.05) is 26.0 Å². The summed E-state index contributed by atoms with van der Waals surface area (Å²) in [4.78, 5) is 0. The highest BCUT2D eigenvalue weighted by molar-refractivity contribution is 5.80. The van der Waals surface area contributed by atoms with E-state index in [1.165, 1.54) is 16.7 Å². The van der Waals surface area contributed by atoms with E-state index < -0.39 is 0 Å². The van der Waals surface area contributed by atoms with E-state index >= 15 is 0 Å². The van der Waals surface area contributed by atoms with Crippen LogP contribution < -0.4 is 0 Å². The van der Waals surface area contributed by atoms with Crippen molar-refractivity contribution in [1.29, 1.82) is 0 Å². The normalized spacial score (nSPS) is 9.21. The molecule has 0 heteroatoms. The Kier molecular flexibility index (Phi) is 5.81. The fourth-order valence-corrected chi connectivity index (χ4v) is 1.97. The van der Waals surface area contributed by atoms with Crippen LogP contribution in [-0.2, 0) is 0 Å². The lowest BCUT2D eigenvalue weighted by Crippen LogP contribution is -1.87. The zero-order valence-corrected chi connectivity index (χ0v) is 12.1. The van der Waals surface area contributed by atoms with Crippen LogP contribution in [0.5, 0.6) is 0 Å². The predicted molar refractivity (Wildman–Crippen MR) is 88.1 cm³/mol. The van der Waals surface area contributed by atoms with Gasteiger partial charge < -0.3 is 0 Å². The highest BCUT2D eigenvalue weighted by atomic mass is 14.1. The van der Waals surface area contributed by atoms with Gasteiger partial charge in [0.05, 0.1) is 0 Å². The Bertz CT molecular complexity index is 545. The van der Waals surface area contributed by atoms with Gasteiger partial charge in [0.25, 0.3) is 0 Å². The topological polar surface area (TPSA) is 0 Å². The zero-order valence-electron chi connectivity index (χ0n) is 12.1. The summed E-state index contributed by atoms with van der Waals surface area (Å²) in [7, 11) is 0. The highest BCUT2D eigenvalue weighted by Crippen LogP contribution is 2.28. The van der Waals surface area contributed by atoms with Crippen molar-refractivity contribution < 1.29 is 0 Å². The average molecular weight is 250 g/mol. The summed E-state index contributed by atoms with van der Waals surface area (Å²) >= 11 is 0. The first kappa shape index (κ1) is 15.0. The first-order valence-corrected chi connectivity index (χ1v) is 6.71. The Morgan fingerprint density at radius 2 is 1.47 bits per heavy atom. The third-order valence-electron chi connectivity index (χ3n) is 2.93. The van der Waals surface area contributed by atoms with Crippen molar-refractivity contribution in [2.45, 2.75) is 20.8 Å². The number of hydrogen-bond donors (Lipinski definition) is 0. The molecular weight excluding hydrogens is 228 g/mol. The van der Waals surface area contributed by atoms with Gasteiger partial charge in [-0.2, -0.15) is 0 Å². The molecule has 0 amide bonds. The zero-order chi connectivity index (χ0) is 14.3. The Balaban J connectivity index is 0.000000861. The summed E-state index contributed by atoms with van der Waals surface area (Å²) < 4.78 is 0. The monoisotopic (exact) mass is 250 g/mol. The molecular formula is C19H22. The Morgan fingerprint density at radius 1 is 0.842 bits per heavy atom. The standard InChI is InChI=1S/C17H16.C2H6/c1-4-14-7-6-8-17(16(14)5-2)15-11-9-13(3)10-12-15;1-2/h4-12H,1-2H2,3H3;1-2H3. The quantitative estimate of drug-likeness (QED) is 0.629. The molecule has 0 aliphatic carbocycles. The van der Waals surface area contributed by atoms with Crippen LogP contribution in [0.15, 0.2) is 55.6 Å². The smallest absolute Gasteiger partial charge is 0.0106 e. The largest absolute Gasteiger partial charge is 0.0984 e. The summed E-state index contributed by atoms with van der Waals surface area (Å²) in [6.45, 7) is 13.8. The summed E-state index contributed by atoms with van der Waals surface area (Å²) in [6.07, 6.45) is 3.76. The molecule has 0 saturated carbocycles. The molecule has 0 aliphatic heterocycles. The van der Waals surface area contributed by atoms with E-state index in [1.54, 1.807) is 0 Å². The summed E-state index contributed by atoms with van der Waals surface area (Å²) in [5.41, 5.74) is 5.96. The van der Waals surface area contributed by atoms with Crippen LogP contribution in [0.2, 0.25) is 0 Å². The number of aryl methyl sites for hydroxylation is 1. The van der Waals surface area contributed by atoms with E-state index in [0.29, 0.717) is 0 Å². The van der Waals surface area contributed by atoms with Gasteiger partial charge in [-0.05, 0) is 29.2 Å². The van der Waals surface area contributed by atoms with Gasteiger partial charge in [0.1, 0.15) is 0 Å². The van der Waals surface area contributed by atoms with Crippen molar-refractivity contribution in [3.05, 3.63) is 72.3 Å². The van der Waals surface area contributed by atoms with Gasteiger partial charge in [0.2, 0.25) is 0 Å². The molecule has 19 heavy (non-hydrogen) atoms. The molecule has 98 valence electrons. The van der Waals surface area contributed by atoms with Crippen LogP contribution in [0.4, 0.5) is 0 Å². The molecule has 0 heterocycles. The fraction of sp³-hybridized carbons (Fsp3) is 0.158. The Morgan fingerprint density at radius 3 is 2.00 bits per heavy atom. The van der Waals surface area contributed by atoms with E-state index in [2.05, 4.69) is 62.5 Å². The van der Waals surface area contributed by atoms with Gasteiger partial charge in [-0.1, -0.05) is 87.2 Å². The van der Waals surface area contributed by atoms with Crippen LogP contribution in [0.3, 0.4) is 0 Å². The lowest BCUT2D eigenvalue weighted by atomic mass is 9.95. The fourth-order valence-electron chi connectivity index (χ4n) is 1.97. The lowest BCUT2D eigenvalue weighted by Gasteiger charge is -2.09. The van der Waals surface area contributed by atoms with Crippen molar-refractivity contribution in [3.8, 4) is 11.1 Å². The molecule has 0 radical (unpaired) electrons. The average Bonchev–Trinajstić information content (AvgIpc) is 2.49. The lowest BCUT2D eigenvalue weighted by molar-refractivity contribution is 1.46. The minimum absolute atomic E-state index is 1.12. The number of hydrogen-bond acceptors (Lipinski definition) is 0. The second-order valence-electron chi connectivity index (χ2n) is 4.08. The van der Waals surface area contributed by atoms with Gasteiger partial charge >= 0.3 is 0 Å². The molecule has 0 unspecified atom stereocenters. The van der Waals surface area contributed by atoms with Crippen LogP contribution in [0.25, 0.3) is 23.3 Å². The van der Waals surface area contributed by atoms with Crippen molar-refractivity contribution >= 4 is 12.2 Å². The van der Waals surface area contributed by atoms with Crippen LogP contribution in [-0.4, -0.2) is 0 Å². The van der Waals surface area contributed by atoms with Gasteiger partial charge in [0.15, 0.2) is 0 Å². The summed E-state index contributed by atoms with van der Waals surface area (Å²) in [5.74, 6) is 0. The molecule has 0 saturated heterocycles. The Hall–Kier alpha value is -2.08. The molecule has 0 aromatic heterocycles. The first-order chi connectivity index (χ1) is 9.26. The summed E-state index contributed by atoms with van der Waals surface area (Å²) in [6, 6.07) is 14.8. The Labute approximate surface area is 117 Å². The van der Waals surface area contributed by atoms with Crippen molar-refractivity contribution in [2.75, 3.05) is 0 Å². The molecule has 0 bridgehead atoms. The third-order valence-corrected chi connectivity index (χ3v) is 2.93. The predicted octanol–water partition coefficient (Wildman–Crippen LogP) is 5.97. The minimum Gasteiger partial charge on any atom is -0.0984 e. The molecule has 2 aromatic rings. The highest BCUT2D eigenvalue weighted by Gasteiger charge is 2.04. The van der Waals surface area contributed by atoms with E-state index in [4.69, 9.17) is 0 Å². The maximum Gasteiger partial charge on any atom is -0.0106 e. The molecule has 0 aliphatic rings. The maximum absolute atomic E-state index is 3.90. The molecule has 0 fully saturated rings. The van der Waals surface area contributed by atoms with Gasteiger partial charge in [-0.15, -0.1) is 0 Å². The number of benzene rings is 2. The molecule has 0 nitrogen and oxygen atoms in total. The molecule has 0 atom stereocenters. The second-order valence-corrected chi connectivity index (χ2v) is 4.08. The van der Waals surface area contributed by atoms with E-state index in [0.717, 1.165) is 11.1 Å². The van der Waals surface area contributed by atoms with Crippen LogP contribution in [0.1, 0.15) is 30.5 Å². The second kappa shape index (κ2) is 7.38. The van der Waals surface area contributed by atoms with Crippen LogP contribution >= 0.6 is 0 Å². The van der Waals surface area contributed by atoms with Crippen molar-refractivity contribution in [3.63, 3.8) is 0 Å². The first-order valence-electron chi connectivity index (χ1n) is 6.71. The minimum atomic E-state index is 1.12. The molecule has 0 spiro atoms. The maximum atomic E-state index is 3.90. The van der Waals surface area contributed by atoms with Gasteiger partial charge in [-0.3, -0.25) is 0 Å². The van der Waals surface area contributed by atoms with E-state index in [9.17, 15) is 0 Å². The third kappa shape index (κ3) is 3.45. The number of rotatable bonds is 3. The van der Waals surface area contributed by atoms with Gasteiger partial charge in [0, 0.05) is 0 Å². The summed E-state index contributed by atoms with van der Waals surface area (Å²) in [5, 5.41) is 0. The van der Waals surface area contributed by atoms with E-state index in [-0.39, 0.29) is 0 Å². The SMILES string of the molecule is C=Cc1cccc(-c2ccc(C)cc2)c1C=C.CC. The molecule has 0 N–H and O–H groups in total. The van der Waals surface area contributed by atoms with Crippen molar-refractivity contribution in [2.24, 2.45) is 0 Å². The van der Waals surface area contributed by atoms with Crippen LogP contribution in [0, 0.1) is 6.92 Å². The van der Waals surface area contributed by atoms with Gasteiger partial charge in [-0.25, -0.2) is 0 Å². The van der Waals surface area contributed by atoms with Crippen molar-refractivity contribution in [1.82, 2.24) is 0 Å².